The minimum Gasteiger partial charge on any atom is -0.378 e. The maximum Gasteiger partial charge on any atom is 0.241 e. The first-order valence-electron chi connectivity index (χ1n) is 7.13. The number of halogens is 1. The third-order valence-corrected chi connectivity index (χ3v) is 4.09. The van der Waals surface area contributed by atoms with Gasteiger partial charge in [-0.1, -0.05) is 13.8 Å². The molecule has 2 unspecified atom stereocenters. The van der Waals surface area contributed by atoms with Gasteiger partial charge in [0.15, 0.2) is 0 Å². The molecule has 1 aliphatic carbocycles. The Morgan fingerprint density at radius 3 is 2.38 bits per heavy atom. The molecular weight excluding hydrogens is 294 g/mol. The van der Waals surface area contributed by atoms with E-state index >= 15 is 0 Å². The smallest absolute Gasteiger partial charge is 0.241 e. The van der Waals surface area contributed by atoms with Gasteiger partial charge in [-0.2, -0.15) is 0 Å². The molecule has 0 bridgehead atoms. The lowest BCUT2D eigenvalue weighted by atomic mass is 9.54. The Morgan fingerprint density at radius 2 is 1.95 bits per heavy atom. The van der Waals surface area contributed by atoms with Crippen LogP contribution in [0.3, 0.4) is 0 Å². The van der Waals surface area contributed by atoms with E-state index in [9.17, 15) is 9.59 Å². The number of hydrogen-bond acceptors (Lipinski definition) is 4. The summed E-state index contributed by atoms with van der Waals surface area (Å²) in [7, 11) is 0. The number of carbonyl (C=O) groups excluding carboxylic acids is 2. The summed E-state index contributed by atoms with van der Waals surface area (Å²) in [6.07, 6.45) is 0.457. The third kappa shape index (κ3) is 4.08. The predicted molar refractivity (Wildman–Crippen MR) is 84.3 cm³/mol. The van der Waals surface area contributed by atoms with Crippen molar-refractivity contribution in [3.8, 4) is 0 Å². The number of rotatable bonds is 6. The molecule has 124 valence electrons. The maximum absolute atomic E-state index is 12.2. The van der Waals surface area contributed by atoms with Crippen LogP contribution >= 0.6 is 12.4 Å². The van der Waals surface area contributed by atoms with Gasteiger partial charge in [-0.15, -0.1) is 12.4 Å². The number of nitrogens with two attached hydrogens (primary N) is 1. The van der Waals surface area contributed by atoms with E-state index in [4.69, 9.17) is 10.5 Å². The van der Waals surface area contributed by atoms with Crippen molar-refractivity contribution in [2.45, 2.75) is 58.7 Å². The van der Waals surface area contributed by atoms with Crippen molar-refractivity contribution < 1.29 is 14.3 Å². The highest BCUT2D eigenvalue weighted by Gasteiger charge is 2.62. The number of carbonyl (C=O) groups is 2. The number of ether oxygens (including phenoxy) is 1. The summed E-state index contributed by atoms with van der Waals surface area (Å²) in [6, 6.07) is 0.0497. The van der Waals surface area contributed by atoms with Crippen LogP contribution < -0.4 is 16.4 Å². The van der Waals surface area contributed by atoms with Gasteiger partial charge in [0.25, 0.3) is 0 Å². The van der Waals surface area contributed by atoms with Crippen molar-refractivity contribution in [2.75, 3.05) is 13.2 Å². The molecule has 0 heterocycles. The van der Waals surface area contributed by atoms with Gasteiger partial charge in [-0.25, -0.2) is 0 Å². The molecule has 7 heteroatoms. The van der Waals surface area contributed by atoms with Crippen molar-refractivity contribution in [3.63, 3.8) is 0 Å². The topological polar surface area (TPSA) is 93.4 Å². The van der Waals surface area contributed by atoms with E-state index in [0.29, 0.717) is 13.0 Å². The van der Waals surface area contributed by atoms with E-state index in [0.717, 1.165) is 0 Å². The summed E-state index contributed by atoms with van der Waals surface area (Å²) < 4.78 is 5.58. The molecular formula is C14H28ClN3O3. The number of nitrogens with one attached hydrogen (secondary N) is 2. The molecule has 6 nitrogen and oxygen atoms in total. The second-order valence-corrected chi connectivity index (χ2v) is 6.25. The fraction of sp³-hybridized carbons (Fsp3) is 0.857. The van der Waals surface area contributed by atoms with E-state index in [1.54, 1.807) is 0 Å². The molecule has 1 saturated carbocycles. The minimum atomic E-state index is -0.981. The van der Waals surface area contributed by atoms with Crippen LogP contribution in [0.15, 0.2) is 0 Å². The van der Waals surface area contributed by atoms with Gasteiger partial charge in [-0.05, 0) is 20.8 Å². The molecule has 0 saturated heterocycles. The predicted octanol–water partition coefficient (Wildman–Crippen LogP) is 0.582. The zero-order valence-electron chi connectivity index (χ0n) is 13.5. The Morgan fingerprint density at radius 1 is 1.38 bits per heavy atom. The molecule has 0 aromatic heterocycles. The van der Waals surface area contributed by atoms with Crippen LogP contribution in [0, 0.1) is 5.41 Å². The highest BCUT2D eigenvalue weighted by molar-refractivity contribution is 5.92. The van der Waals surface area contributed by atoms with Gasteiger partial charge in [0.2, 0.25) is 11.8 Å². The summed E-state index contributed by atoms with van der Waals surface area (Å²) in [4.78, 5) is 23.8. The van der Waals surface area contributed by atoms with Gasteiger partial charge in [-0.3, -0.25) is 9.59 Å². The zero-order valence-corrected chi connectivity index (χ0v) is 14.3. The molecule has 0 aromatic carbocycles. The van der Waals surface area contributed by atoms with Crippen LogP contribution in [0.5, 0.6) is 0 Å². The Bertz CT molecular complexity index is 388. The normalized spacial score (nSPS) is 26.5. The van der Waals surface area contributed by atoms with Gasteiger partial charge >= 0.3 is 0 Å². The van der Waals surface area contributed by atoms with Gasteiger partial charge in [0, 0.05) is 24.5 Å². The molecule has 1 aliphatic rings. The first kappa shape index (κ1) is 20.1. The minimum absolute atomic E-state index is 0. The van der Waals surface area contributed by atoms with Crippen molar-refractivity contribution >= 4 is 24.2 Å². The summed E-state index contributed by atoms with van der Waals surface area (Å²) >= 11 is 0. The fourth-order valence-corrected chi connectivity index (χ4v) is 2.51. The number of hydrogen-bond donors (Lipinski definition) is 3. The average molecular weight is 322 g/mol. The molecule has 2 amide bonds. The SMILES string of the molecule is CCOC1CC(N)(C(=O)NCC(=O)NC(C)C)C1(C)C.Cl. The molecule has 21 heavy (non-hydrogen) atoms. The van der Waals surface area contributed by atoms with Crippen molar-refractivity contribution in [1.82, 2.24) is 10.6 Å². The van der Waals surface area contributed by atoms with Crippen LogP contribution in [-0.2, 0) is 14.3 Å². The molecule has 0 aromatic rings. The second-order valence-electron chi connectivity index (χ2n) is 6.25. The van der Waals surface area contributed by atoms with Gasteiger partial charge in [0.1, 0.15) is 5.54 Å². The van der Waals surface area contributed by atoms with Gasteiger partial charge < -0.3 is 21.1 Å². The summed E-state index contributed by atoms with van der Waals surface area (Å²) in [5.41, 5.74) is 4.78. The quantitative estimate of drug-likeness (QED) is 0.667. The lowest BCUT2D eigenvalue weighted by Gasteiger charge is -2.57. The molecule has 4 N–H and O–H groups in total. The molecule has 1 rings (SSSR count). The Balaban J connectivity index is 0.00000400. The average Bonchev–Trinajstić information content (AvgIpc) is 2.34. The second kappa shape index (κ2) is 7.42. The highest BCUT2D eigenvalue weighted by atomic mass is 35.5. The Kier molecular flexibility index (Phi) is 7.12. The lowest BCUT2D eigenvalue weighted by Crippen LogP contribution is -2.76. The van der Waals surface area contributed by atoms with Crippen LogP contribution in [0.2, 0.25) is 0 Å². The van der Waals surface area contributed by atoms with E-state index in [1.807, 2.05) is 34.6 Å². The highest BCUT2D eigenvalue weighted by Crippen LogP contribution is 2.49. The Hall–Kier alpha value is -0.850. The van der Waals surface area contributed by atoms with Crippen LogP contribution in [-0.4, -0.2) is 42.7 Å². The molecule has 2 atom stereocenters. The molecule has 0 spiro atoms. The van der Waals surface area contributed by atoms with E-state index in [1.165, 1.54) is 0 Å². The summed E-state index contributed by atoms with van der Waals surface area (Å²) in [6.45, 7) is 10.0. The van der Waals surface area contributed by atoms with Crippen molar-refractivity contribution in [1.29, 1.82) is 0 Å². The van der Waals surface area contributed by atoms with E-state index in [-0.39, 0.29) is 42.9 Å². The maximum atomic E-state index is 12.2. The molecule has 0 aliphatic heterocycles. The van der Waals surface area contributed by atoms with Crippen LogP contribution in [0.25, 0.3) is 0 Å². The summed E-state index contributed by atoms with van der Waals surface area (Å²) in [5.74, 6) is -0.507. The number of amides is 2. The lowest BCUT2D eigenvalue weighted by molar-refractivity contribution is -0.170. The molecule has 0 radical (unpaired) electrons. The van der Waals surface area contributed by atoms with Crippen LogP contribution in [0.4, 0.5) is 0 Å². The molecule has 1 fully saturated rings. The van der Waals surface area contributed by atoms with Crippen molar-refractivity contribution in [3.05, 3.63) is 0 Å². The zero-order chi connectivity index (χ0) is 15.6. The monoisotopic (exact) mass is 321 g/mol. The van der Waals surface area contributed by atoms with Gasteiger partial charge in [0.05, 0.1) is 12.6 Å². The first-order valence-corrected chi connectivity index (χ1v) is 7.13. The standard InChI is InChI=1S/C14H27N3O3.ClH/c1-6-20-10-7-14(15,13(10,4)5)12(19)16-8-11(18)17-9(2)3;/h9-10H,6-8,15H2,1-5H3,(H,16,19)(H,17,18);1H. The summed E-state index contributed by atoms with van der Waals surface area (Å²) in [5, 5.41) is 5.33. The fourth-order valence-electron chi connectivity index (χ4n) is 2.51. The first-order chi connectivity index (χ1) is 9.15. The van der Waals surface area contributed by atoms with E-state index in [2.05, 4.69) is 10.6 Å². The van der Waals surface area contributed by atoms with E-state index < -0.39 is 11.0 Å². The Labute approximate surface area is 133 Å². The van der Waals surface area contributed by atoms with Crippen LogP contribution in [0.1, 0.15) is 41.0 Å². The largest absolute Gasteiger partial charge is 0.378 e. The van der Waals surface area contributed by atoms with Crippen molar-refractivity contribution in [2.24, 2.45) is 11.1 Å². The third-order valence-electron chi connectivity index (χ3n) is 4.09.